The van der Waals surface area contributed by atoms with Crippen LogP contribution in [0.3, 0.4) is 0 Å². The van der Waals surface area contributed by atoms with Crippen LogP contribution in [-0.4, -0.2) is 23.1 Å². The van der Waals surface area contributed by atoms with Crippen LogP contribution < -0.4 is 10.7 Å². The first-order chi connectivity index (χ1) is 10.5. The Balaban J connectivity index is 1.87. The summed E-state index contributed by atoms with van der Waals surface area (Å²) in [6, 6.07) is 13.1. The van der Waals surface area contributed by atoms with E-state index >= 15 is 0 Å². The summed E-state index contributed by atoms with van der Waals surface area (Å²) in [5, 5.41) is 7.06. The number of aryl methyl sites for hydroxylation is 2. The molecule has 2 N–H and O–H groups in total. The lowest BCUT2D eigenvalue weighted by Gasteiger charge is -2.13. The summed E-state index contributed by atoms with van der Waals surface area (Å²) >= 11 is 0. The van der Waals surface area contributed by atoms with E-state index in [2.05, 4.69) is 20.8 Å². The number of hydrogen-bond acceptors (Lipinski definition) is 4. The maximum Gasteiger partial charge on any atom is 0.262 e. The topological polar surface area (TPSA) is 66.4 Å². The number of benzene rings is 1. The van der Waals surface area contributed by atoms with Gasteiger partial charge in [-0.05, 0) is 45.0 Å². The van der Waals surface area contributed by atoms with Gasteiger partial charge in [0.15, 0.2) is 0 Å². The number of rotatable bonds is 5. The molecule has 0 bridgehead atoms. The maximum absolute atomic E-state index is 12.0. The van der Waals surface area contributed by atoms with Gasteiger partial charge in [-0.1, -0.05) is 23.8 Å². The Morgan fingerprint density at radius 3 is 2.59 bits per heavy atom. The third kappa shape index (κ3) is 4.70. The second-order valence-electron chi connectivity index (χ2n) is 5.17. The van der Waals surface area contributed by atoms with Gasteiger partial charge in [0.05, 0.1) is 11.9 Å². The summed E-state index contributed by atoms with van der Waals surface area (Å²) in [7, 11) is 0. The summed E-state index contributed by atoms with van der Waals surface area (Å²) in [4.78, 5) is 16.2. The highest BCUT2D eigenvalue weighted by molar-refractivity contribution is 5.85. The molecule has 0 unspecified atom stereocenters. The van der Waals surface area contributed by atoms with Crippen LogP contribution in [0, 0.1) is 13.8 Å². The molecule has 1 aromatic carbocycles. The first-order valence-electron chi connectivity index (χ1n) is 7.14. The standard InChI is InChI=1S/C17H20N4O/c1-12-7-9-15(10-8-12)20-14(3)17(22)21-18-11-16-6-4-5-13(2)19-16/h4-11,14,20H,1-3H3,(H,21,22)/b18-11-/t14-/m0/s1. The maximum atomic E-state index is 12.0. The Labute approximate surface area is 130 Å². The predicted molar refractivity (Wildman–Crippen MR) is 89.0 cm³/mol. The molecule has 114 valence electrons. The average molecular weight is 296 g/mol. The van der Waals surface area contributed by atoms with E-state index in [0.717, 1.165) is 11.4 Å². The second-order valence-corrected chi connectivity index (χ2v) is 5.17. The van der Waals surface area contributed by atoms with Crippen molar-refractivity contribution in [1.29, 1.82) is 0 Å². The lowest BCUT2D eigenvalue weighted by atomic mass is 10.2. The summed E-state index contributed by atoms with van der Waals surface area (Å²) in [5.41, 5.74) is 6.20. The minimum Gasteiger partial charge on any atom is -0.374 e. The van der Waals surface area contributed by atoms with Gasteiger partial charge >= 0.3 is 0 Å². The lowest BCUT2D eigenvalue weighted by Crippen LogP contribution is -2.34. The fourth-order valence-electron chi connectivity index (χ4n) is 1.86. The number of hydrogen-bond donors (Lipinski definition) is 2. The normalized spacial score (nSPS) is 12.1. The second kappa shape index (κ2) is 7.36. The summed E-state index contributed by atoms with van der Waals surface area (Å²) in [6.45, 7) is 5.72. The fourth-order valence-corrected chi connectivity index (χ4v) is 1.86. The molecule has 0 radical (unpaired) electrons. The third-order valence-corrected chi connectivity index (χ3v) is 3.11. The van der Waals surface area contributed by atoms with Crippen molar-refractivity contribution in [2.24, 2.45) is 5.10 Å². The van der Waals surface area contributed by atoms with Gasteiger partial charge in [0.25, 0.3) is 5.91 Å². The lowest BCUT2D eigenvalue weighted by molar-refractivity contribution is -0.121. The Bertz CT molecular complexity index is 665. The number of nitrogens with one attached hydrogen (secondary N) is 2. The summed E-state index contributed by atoms with van der Waals surface area (Å²) in [5.74, 6) is -0.204. The molecule has 2 rings (SSSR count). The van der Waals surface area contributed by atoms with Crippen LogP contribution in [0.2, 0.25) is 0 Å². The van der Waals surface area contributed by atoms with E-state index in [4.69, 9.17) is 0 Å². The molecular weight excluding hydrogens is 276 g/mol. The fraction of sp³-hybridized carbons (Fsp3) is 0.235. The van der Waals surface area contributed by atoms with Crippen LogP contribution >= 0.6 is 0 Å². The smallest absolute Gasteiger partial charge is 0.262 e. The molecule has 0 spiro atoms. The number of anilines is 1. The van der Waals surface area contributed by atoms with E-state index in [-0.39, 0.29) is 11.9 Å². The molecule has 2 aromatic rings. The Kier molecular flexibility index (Phi) is 5.25. The van der Waals surface area contributed by atoms with E-state index in [1.54, 1.807) is 6.92 Å². The van der Waals surface area contributed by atoms with Crippen LogP contribution in [-0.2, 0) is 4.79 Å². The average Bonchev–Trinajstić information content (AvgIpc) is 2.49. The van der Waals surface area contributed by atoms with Crippen LogP contribution in [0.1, 0.15) is 23.9 Å². The Morgan fingerprint density at radius 1 is 1.18 bits per heavy atom. The highest BCUT2D eigenvalue weighted by atomic mass is 16.2. The van der Waals surface area contributed by atoms with Gasteiger partial charge in [-0.3, -0.25) is 9.78 Å². The molecule has 0 aliphatic carbocycles. The number of carbonyl (C=O) groups is 1. The van der Waals surface area contributed by atoms with Crippen molar-refractivity contribution in [3.63, 3.8) is 0 Å². The molecule has 1 amide bonds. The van der Waals surface area contributed by atoms with E-state index < -0.39 is 0 Å². The zero-order valence-electron chi connectivity index (χ0n) is 13.0. The SMILES string of the molecule is Cc1ccc(N[C@@H](C)C(=O)N/N=C\c2cccc(C)n2)cc1. The van der Waals surface area contributed by atoms with E-state index in [1.165, 1.54) is 11.8 Å². The molecule has 5 nitrogen and oxygen atoms in total. The van der Waals surface area contributed by atoms with Gasteiger partial charge in [0, 0.05) is 11.4 Å². The number of amides is 1. The van der Waals surface area contributed by atoms with Crippen LogP contribution in [0.4, 0.5) is 5.69 Å². The van der Waals surface area contributed by atoms with E-state index in [1.807, 2.05) is 56.3 Å². The molecule has 1 aromatic heterocycles. The van der Waals surface area contributed by atoms with Gasteiger partial charge in [0.1, 0.15) is 6.04 Å². The van der Waals surface area contributed by atoms with Crippen molar-refractivity contribution in [3.8, 4) is 0 Å². The Hall–Kier alpha value is -2.69. The minimum atomic E-state index is -0.384. The molecule has 0 aliphatic heterocycles. The zero-order valence-corrected chi connectivity index (χ0v) is 13.0. The zero-order chi connectivity index (χ0) is 15.9. The van der Waals surface area contributed by atoms with Crippen molar-refractivity contribution < 1.29 is 4.79 Å². The number of nitrogens with zero attached hydrogens (tertiary/aromatic N) is 2. The molecule has 0 saturated carbocycles. The van der Waals surface area contributed by atoms with E-state index in [9.17, 15) is 4.79 Å². The van der Waals surface area contributed by atoms with Crippen LogP contribution in [0.15, 0.2) is 47.6 Å². The highest BCUT2D eigenvalue weighted by Crippen LogP contribution is 2.09. The molecule has 1 atom stereocenters. The van der Waals surface area contributed by atoms with E-state index in [0.29, 0.717) is 5.69 Å². The largest absolute Gasteiger partial charge is 0.374 e. The molecule has 0 fully saturated rings. The number of carbonyl (C=O) groups excluding carboxylic acids is 1. The number of pyridine rings is 1. The van der Waals surface area contributed by atoms with Crippen molar-refractivity contribution >= 4 is 17.8 Å². The van der Waals surface area contributed by atoms with Crippen molar-refractivity contribution in [1.82, 2.24) is 10.4 Å². The summed E-state index contributed by atoms with van der Waals surface area (Å²) < 4.78 is 0. The van der Waals surface area contributed by atoms with Gasteiger partial charge < -0.3 is 5.32 Å². The predicted octanol–water partition coefficient (Wildman–Crippen LogP) is 2.65. The van der Waals surface area contributed by atoms with Gasteiger partial charge in [-0.25, -0.2) is 5.43 Å². The van der Waals surface area contributed by atoms with Crippen molar-refractivity contribution in [3.05, 3.63) is 59.4 Å². The molecule has 0 saturated heterocycles. The molecule has 22 heavy (non-hydrogen) atoms. The van der Waals surface area contributed by atoms with Crippen molar-refractivity contribution in [2.75, 3.05) is 5.32 Å². The summed E-state index contributed by atoms with van der Waals surface area (Å²) in [6.07, 6.45) is 1.53. The number of aromatic nitrogens is 1. The Morgan fingerprint density at radius 2 is 1.91 bits per heavy atom. The van der Waals surface area contributed by atoms with Gasteiger partial charge in [0.2, 0.25) is 0 Å². The van der Waals surface area contributed by atoms with Crippen LogP contribution in [0.25, 0.3) is 0 Å². The highest BCUT2D eigenvalue weighted by Gasteiger charge is 2.11. The quantitative estimate of drug-likeness (QED) is 0.658. The first-order valence-corrected chi connectivity index (χ1v) is 7.14. The molecular formula is C17H20N4O. The molecule has 0 aliphatic rings. The van der Waals surface area contributed by atoms with Gasteiger partial charge in [-0.2, -0.15) is 5.10 Å². The van der Waals surface area contributed by atoms with Crippen LogP contribution in [0.5, 0.6) is 0 Å². The van der Waals surface area contributed by atoms with Crippen molar-refractivity contribution in [2.45, 2.75) is 26.8 Å². The third-order valence-electron chi connectivity index (χ3n) is 3.11. The minimum absolute atomic E-state index is 0.204. The monoisotopic (exact) mass is 296 g/mol. The molecule has 5 heteroatoms. The molecule has 1 heterocycles. The number of hydrazone groups is 1. The van der Waals surface area contributed by atoms with Gasteiger partial charge in [-0.15, -0.1) is 0 Å². The first kappa shape index (κ1) is 15.7.